The van der Waals surface area contributed by atoms with Gasteiger partial charge in [0.25, 0.3) is 0 Å². The quantitative estimate of drug-likeness (QED) is 0.676. The zero-order valence-corrected chi connectivity index (χ0v) is 20.0. The van der Waals surface area contributed by atoms with Crippen LogP contribution in [0.3, 0.4) is 0 Å². The lowest BCUT2D eigenvalue weighted by molar-refractivity contribution is -0.0585. The van der Waals surface area contributed by atoms with Gasteiger partial charge in [-0.2, -0.15) is 0 Å². The number of nitrogens with zero attached hydrogens (tertiary/aromatic N) is 2. The van der Waals surface area contributed by atoms with Gasteiger partial charge in [-0.05, 0) is 79.6 Å². The molecule has 0 spiro atoms. The first-order valence-electron chi connectivity index (χ1n) is 12.5. The molecule has 2 aromatic carbocycles. The number of rotatable bonds is 5. The van der Waals surface area contributed by atoms with Crippen LogP contribution in [0.5, 0.6) is 5.75 Å². The van der Waals surface area contributed by atoms with Crippen LogP contribution in [0.1, 0.15) is 49.1 Å². The van der Waals surface area contributed by atoms with E-state index in [2.05, 4.69) is 40.6 Å². The van der Waals surface area contributed by atoms with Gasteiger partial charge in [-0.1, -0.05) is 30.3 Å². The molecule has 2 N–H and O–H groups in total. The third-order valence-electron chi connectivity index (χ3n) is 7.71. The average molecular weight is 462 g/mol. The van der Waals surface area contributed by atoms with Crippen molar-refractivity contribution >= 4 is 17.3 Å². The molecular weight excluding hydrogens is 426 g/mol. The predicted molar refractivity (Wildman–Crippen MR) is 135 cm³/mol. The minimum Gasteiger partial charge on any atom is -0.497 e. The Bertz CT molecular complexity index is 1020. The minimum absolute atomic E-state index is 0.0678. The molecule has 5 rings (SSSR count). The second kappa shape index (κ2) is 10.2. The lowest BCUT2D eigenvalue weighted by atomic mass is 9.74. The highest BCUT2D eigenvalue weighted by Gasteiger charge is 2.49. The number of carbonyl (C=O) groups excluding carboxylic acids is 1. The topological polar surface area (TPSA) is 65.0 Å². The van der Waals surface area contributed by atoms with Gasteiger partial charge in [-0.25, -0.2) is 4.79 Å². The van der Waals surface area contributed by atoms with Gasteiger partial charge in [-0.3, -0.25) is 4.90 Å². The van der Waals surface area contributed by atoms with Crippen LogP contribution in [0, 0.1) is 0 Å². The Kier molecular flexibility index (Phi) is 6.88. The Labute approximate surface area is 202 Å². The van der Waals surface area contributed by atoms with E-state index in [9.17, 15) is 9.90 Å². The number of methoxy groups -OCH3 is 1. The molecule has 0 radical (unpaired) electrons. The fourth-order valence-corrected chi connectivity index (χ4v) is 5.85. The Morgan fingerprint density at radius 3 is 2.50 bits per heavy atom. The van der Waals surface area contributed by atoms with Gasteiger partial charge in [-0.15, -0.1) is 0 Å². The zero-order valence-electron chi connectivity index (χ0n) is 20.0. The molecule has 0 bridgehead atoms. The molecule has 2 saturated heterocycles. The second-order valence-corrected chi connectivity index (χ2v) is 9.64. The van der Waals surface area contributed by atoms with Crippen LogP contribution < -0.4 is 10.1 Å². The van der Waals surface area contributed by atoms with E-state index >= 15 is 0 Å². The van der Waals surface area contributed by atoms with Crippen molar-refractivity contribution in [2.75, 3.05) is 38.7 Å². The Morgan fingerprint density at radius 2 is 1.82 bits per heavy atom. The number of hydrogen-bond donors (Lipinski definition) is 2. The van der Waals surface area contributed by atoms with Crippen molar-refractivity contribution in [3.05, 3.63) is 65.7 Å². The molecule has 2 amide bonds. The van der Waals surface area contributed by atoms with Crippen LogP contribution in [0.2, 0.25) is 0 Å². The maximum Gasteiger partial charge on any atom is 0.321 e. The van der Waals surface area contributed by atoms with Gasteiger partial charge in [0, 0.05) is 36.8 Å². The molecule has 2 heterocycles. The van der Waals surface area contributed by atoms with Crippen molar-refractivity contribution < 1.29 is 14.6 Å². The number of carbonyl (C=O) groups is 1. The molecule has 1 aliphatic carbocycles. The van der Waals surface area contributed by atoms with Crippen LogP contribution in [-0.4, -0.2) is 66.4 Å². The monoisotopic (exact) mass is 461 g/mol. The number of allylic oxidation sites excluding steroid dienone is 2. The lowest BCUT2D eigenvalue weighted by Gasteiger charge is -2.57. The summed E-state index contributed by atoms with van der Waals surface area (Å²) in [6.07, 6.45) is 7.93. The molecule has 6 nitrogen and oxygen atoms in total. The van der Waals surface area contributed by atoms with Gasteiger partial charge in [0.2, 0.25) is 0 Å². The summed E-state index contributed by atoms with van der Waals surface area (Å²) < 4.78 is 5.21. The smallest absolute Gasteiger partial charge is 0.321 e. The number of anilines is 1. The van der Waals surface area contributed by atoms with Crippen molar-refractivity contribution in [1.29, 1.82) is 0 Å². The number of fused-ring (bicyclic) bond motifs is 1. The highest BCUT2D eigenvalue weighted by atomic mass is 16.5. The first-order chi connectivity index (χ1) is 16.7. The maximum atomic E-state index is 13.2. The van der Waals surface area contributed by atoms with Crippen LogP contribution >= 0.6 is 0 Å². The summed E-state index contributed by atoms with van der Waals surface area (Å²) in [5.74, 6) is 0.994. The van der Waals surface area contributed by atoms with Crippen molar-refractivity contribution in [2.45, 2.75) is 50.1 Å². The SMILES string of the molecule is COc1ccc(NC(=O)N2CCCCN3[C@H](CO)[C@@H](c4ccc(C5=CCCC5)cc4)[C@@H]3C2)cc1. The van der Waals surface area contributed by atoms with E-state index in [1.165, 1.54) is 29.5 Å². The third-order valence-corrected chi connectivity index (χ3v) is 7.71. The minimum atomic E-state index is -0.0678. The standard InChI is InChI=1S/C28H35N3O3/c1-34-24-14-12-23(13-15-24)29-28(33)30-16-4-5-17-31-25(18-30)27(26(31)19-32)22-10-8-21(9-11-22)20-6-2-3-7-20/h6,8-15,25-27,32H,2-5,7,16-19H2,1H3,(H,29,33)/t25-,26+,27-/m0/s1. The summed E-state index contributed by atoms with van der Waals surface area (Å²) in [6.45, 7) is 2.53. The largest absolute Gasteiger partial charge is 0.497 e. The molecule has 2 aromatic rings. The summed E-state index contributed by atoms with van der Waals surface area (Å²) in [4.78, 5) is 17.5. The predicted octanol–water partition coefficient (Wildman–Crippen LogP) is 4.72. The van der Waals surface area contributed by atoms with E-state index in [4.69, 9.17) is 4.74 Å². The van der Waals surface area contributed by atoms with E-state index in [0.29, 0.717) is 6.54 Å². The van der Waals surface area contributed by atoms with Crippen molar-refractivity contribution in [2.24, 2.45) is 0 Å². The molecule has 180 valence electrons. The van der Waals surface area contributed by atoms with Crippen LogP contribution in [0.15, 0.2) is 54.6 Å². The fraction of sp³-hybridized carbons (Fsp3) is 0.464. The number of aliphatic hydroxyl groups excluding tert-OH is 1. The fourth-order valence-electron chi connectivity index (χ4n) is 5.85. The number of nitrogens with one attached hydrogen (secondary N) is 1. The molecule has 2 aliphatic heterocycles. The van der Waals surface area contributed by atoms with Crippen molar-refractivity contribution in [3.8, 4) is 5.75 Å². The first-order valence-corrected chi connectivity index (χ1v) is 12.5. The van der Waals surface area contributed by atoms with Crippen molar-refractivity contribution in [1.82, 2.24) is 9.80 Å². The molecule has 6 heteroatoms. The van der Waals surface area contributed by atoms with E-state index < -0.39 is 0 Å². The van der Waals surface area contributed by atoms with Crippen LogP contribution in [0.25, 0.3) is 5.57 Å². The number of ether oxygens (including phenoxy) is 1. The molecule has 2 fully saturated rings. The molecule has 0 saturated carbocycles. The van der Waals surface area contributed by atoms with E-state index in [0.717, 1.165) is 43.8 Å². The second-order valence-electron chi connectivity index (χ2n) is 9.64. The highest BCUT2D eigenvalue weighted by Crippen LogP contribution is 2.42. The summed E-state index contributed by atoms with van der Waals surface area (Å²) in [6, 6.07) is 16.6. The number of urea groups is 1. The molecule has 3 atom stereocenters. The maximum absolute atomic E-state index is 13.2. The molecule has 3 aliphatic rings. The van der Waals surface area contributed by atoms with Crippen LogP contribution in [-0.2, 0) is 0 Å². The van der Waals surface area contributed by atoms with Gasteiger partial charge in [0.05, 0.1) is 13.7 Å². The molecule has 34 heavy (non-hydrogen) atoms. The highest BCUT2D eigenvalue weighted by molar-refractivity contribution is 5.89. The van der Waals surface area contributed by atoms with E-state index in [1.807, 2.05) is 29.2 Å². The molecular formula is C28H35N3O3. The number of aliphatic hydroxyl groups is 1. The molecule has 0 unspecified atom stereocenters. The van der Waals surface area contributed by atoms with Gasteiger partial charge < -0.3 is 20.1 Å². The van der Waals surface area contributed by atoms with Gasteiger partial charge in [0.15, 0.2) is 0 Å². The Balaban J connectivity index is 1.31. The summed E-state index contributed by atoms with van der Waals surface area (Å²) >= 11 is 0. The van der Waals surface area contributed by atoms with Crippen molar-refractivity contribution in [3.63, 3.8) is 0 Å². The average Bonchev–Trinajstić information content (AvgIpc) is 3.39. The lowest BCUT2D eigenvalue weighted by Crippen LogP contribution is -2.68. The normalized spacial score (nSPS) is 24.9. The number of benzene rings is 2. The number of hydrogen-bond acceptors (Lipinski definition) is 4. The summed E-state index contributed by atoms with van der Waals surface area (Å²) in [5.41, 5.74) is 4.79. The molecule has 0 aromatic heterocycles. The van der Waals surface area contributed by atoms with E-state index in [1.54, 1.807) is 7.11 Å². The van der Waals surface area contributed by atoms with Gasteiger partial charge in [0.1, 0.15) is 5.75 Å². The Morgan fingerprint density at radius 1 is 1.06 bits per heavy atom. The number of amides is 2. The zero-order chi connectivity index (χ0) is 23.5. The summed E-state index contributed by atoms with van der Waals surface area (Å²) in [5, 5.41) is 13.3. The third kappa shape index (κ3) is 4.57. The van der Waals surface area contributed by atoms with Gasteiger partial charge >= 0.3 is 6.03 Å². The first kappa shape index (κ1) is 22.9. The Hall–Kier alpha value is -2.83. The van der Waals surface area contributed by atoms with E-state index in [-0.39, 0.29) is 30.6 Å². The van der Waals surface area contributed by atoms with Crippen LogP contribution in [0.4, 0.5) is 10.5 Å². The summed E-state index contributed by atoms with van der Waals surface area (Å²) in [7, 11) is 1.63.